The van der Waals surface area contributed by atoms with Gasteiger partial charge >= 0.3 is 0 Å². The molecule has 6 heteroatoms. The van der Waals surface area contributed by atoms with Crippen LogP contribution in [0.2, 0.25) is 0 Å². The zero-order valence-electron chi connectivity index (χ0n) is 15.7. The average molecular weight is 382 g/mol. The summed E-state index contributed by atoms with van der Waals surface area (Å²) >= 11 is 1.57. The fourth-order valence-electron chi connectivity index (χ4n) is 2.66. The van der Waals surface area contributed by atoms with Crippen LogP contribution in [0, 0.1) is 0 Å². The number of nitrogens with zero attached hydrogens (tertiary/aromatic N) is 2. The summed E-state index contributed by atoms with van der Waals surface area (Å²) < 4.78 is 1.39. The molecular formula is C21H23N3O2S. The zero-order chi connectivity index (χ0) is 19.4. The van der Waals surface area contributed by atoms with Gasteiger partial charge < -0.3 is 5.32 Å². The smallest absolute Gasteiger partial charge is 0.266 e. The van der Waals surface area contributed by atoms with Crippen LogP contribution in [0.4, 0.5) is 0 Å². The molecule has 27 heavy (non-hydrogen) atoms. The third-order valence-electron chi connectivity index (χ3n) is 4.26. The number of nitrogens with one attached hydrogen (secondary N) is 1. The number of hydrogen-bond acceptors (Lipinski definition) is 4. The summed E-state index contributed by atoms with van der Waals surface area (Å²) in [5.74, 6) is -0.155. The fourth-order valence-corrected chi connectivity index (χ4v) is 3.35. The lowest BCUT2D eigenvalue weighted by Crippen LogP contribution is -2.32. The van der Waals surface area contributed by atoms with Crippen molar-refractivity contribution in [1.82, 2.24) is 15.1 Å². The maximum Gasteiger partial charge on any atom is 0.266 e. The summed E-state index contributed by atoms with van der Waals surface area (Å²) in [5, 5.41) is 9.21. The second-order valence-corrected chi connectivity index (χ2v) is 8.29. The Morgan fingerprint density at radius 2 is 1.85 bits per heavy atom. The van der Waals surface area contributed by atoms with Crippen molar-refractivity contribution < 1.29 is 4.79 Å². The number of hydrogen-bond donors (Lipinski definition) is 1. The van der Waals surface area contributed by atoms with Crippen LogP contribution in [-0.2, 0) is 12.0 Å². The van der Waals surface area contributed by atoms with Gasteiger partial charge in [0.05, 0.1) is 11.4 Å². The Hall–Kier alpha value is -2.73. The van der Waals surface area contributed by atoms with Crippen molar-refractivity contribution in [3.8, 4) is 10.6 Å². The van der Waals surface area contributed by atoms with Crippen molar-refractivity contribution in [1.29, 1.82) is 0 Å². The van der Waals surface area contributed by atoms with Gasteiger partial charge in [0.15, 0.2) is 0 Å². The Balaban J connectivity index is 1.62. The molecule has 2 aromatic heterocycles. The molecule has 0 atom stereocenters. The predicted octanol–water partition coefficient (Wildman–Crippen LogP) is 3.70. The fraction of sp³-hybridized carbons (Fsp3) is 0.286. The Kier molecular flexibility index (Phi) is 5.56. The quantitative estimate of drug-likeness (QED) is 0.733. The minimum absolute atomic E-state index is 0.0510. The molecule has 0 aliphatic rings. The maximum absolute atomic E-state index is 12.3. The molecule has 1 aromatic carbocycles. The van der Waals surface area contributed by atoms with Crippen molar-refractivity contribution in [2.45, 2.75) is 32.7 Å². The summed E-state index contributed by atoms with van der Waals surface area (Å²) in [6.45, 7) is 7.07. The molecule has 0 aliphatic carbocycles. The standard InChI is InChI=1S/C21H23N3O2S/c1-21(2,3)16-8-6-15(7-9-16)20(26)22-12-13-24-19(25)11-10-17(23-24)18-5-4-14-27-18/h4-11,14H,12-13H2,1-3H3,(H,22,26). The maximum atomic E-state index is 12.3. The molecule has 1 N–H and O–H groups in total. The molecule has 0 aliphatic heterocycles. The second-order valence-electron chi connectivity index (χ2n) is 7.34. The topological polar surface area (TPSA) is 64.0 Å². The number of aromatic nitrogens is 2. The van der Waals surface area contributed by atoms with Crippen LogP contribution >= 0.6 is 11.3 Å². The van der Waals surface area contributed by atoms with Gasteiger partial charge in [0.25, 0.3) is 11.5 Å². The van der Waals surface area contributed by atoms with Crippen molar-refractivity contribution >= 4 is 17.2 Å². The van der Waals surface area contributed by atoms with Crippen LogP contribution in [-0.4, -0.2) is 22.2 Å². The monoisotopic (exact) mass is 381 g/mol. The van der Waals surface area contributed by atoms with E-state index < -0.39 is 0 Å². The highest BCUT2D eigenvalue weighted by atomic mass is 32.1. The molecule has 1 amide bonds. The Morgan fingerprint density at radius 3 is 2.48 bits per heavy atom. The lowest BCUT2D eigenvalue weighted by atomic mass is 9.87. The zero-order valence-corrected chi connectivity index (χ0v) is 16.5. The van der Waals surface area contributed by atoms with E-state index in [2.05, 4.69) is 31.2 Å². The van der Waals surface area contributed by atoms with Gasteiger partial charge in [0.1, 0.15) is 5.69 Å². The van der Waals surface area contributed by atoms with E-state index in [1.807, 2.05) is 41.8 Å². The molecule has 0 unspecified atom stereocenters. The van der Waals surface area contributed by atoms with E-state index in [0.29, 0.717) is 18.7 Å². The summed E-state index contributed by atoms with van der Waals surface area (Å²) in [6, 6.07) is 14.8. The lowest BCUT2D eigenvalue weighted by molar-refractivity contribution is 0.0951. The van der Waals surface area contributed by atoms with Crippen LogP contribution in [0.5, 0.6) is 0 Å². The SMILES string of the molecule is CC(C)(C)c1ccc(C(=O)NCCn2nc(-c3cccs3)ccc2=O)cc1. The highest BCUT2D eigenvalue weighted by Crippen LogP contribution is 2.22. The van der Waals surface area contributed by atoms with E-state index in [-0.39, 0.29) is 16.9 Å². The highest BCUT2D eigenvalue weighted by molar-refractivity contribution is 7.13. The van der Waals surface area contributed by atoms with Gasteiger partial charge in [-0.15, -0.1) is 11.3 Å². The first-order valence-corrected chi connectivity index (χ1v) is 9.73. The minimum atomic E-state index is -0.181. The first-order valence-electron chi connectivity index (χ1n) is 8.85. The summed E-state index contributed by atoms with van der Waals surface area (Å²) in [4.78, 5) is 25.3. The minimum Gasteiger partial charge on any atom is -0.350 e. The third-order valence-corrected chi connectivity index (χ3v) is 5.15. The van der Waals surface area contributed by atoms with Gasteiger partial charge in [0.2, 0.25) is 0 Å². The lowest BCUT2D eigenvalue weighted by Gasteiger charge is -2.19. The largest absolute Gasteiger partial charge is 0.350 e. The highest BCUT2D eigenvalue weighted by Gasteiger charge is 2.14. The van der Waals surface area contributed by atoms with Crippen LogP contribution in [0.15, 0.2) is 58.7 Å². The van der Waals surface area contributed by atoms with Gasteiger partial charge in [-0.05, 0) is 40.6 Å². The first-order chi connectivity index (χ1) is 12.8. The molecule has 140 valence electrons. The Morgan fingerprint density at radius 1 is 1.11 bits per heavy atom. The van der Waals surface area contributed by atoms with Crippen LogP contribution in [0.25, 0.3) is 10.6 Å². The van der Waals surface area contributed by atoms with Gasteiger partial charge in [0, 0.05) is 18.2 Å². The van der Waals surface area contributed by atoms with Crippen molar-refractivity contribution in [2.75, 3.05) is 6.54 Å². The Labute approximate surface area is 162 Å². The number of carbonyl (C=O) groups excluding carboxylic acids is 1. The molecule has 5 nitrogen and oxygen atoms in total. The molecule has 0 spiro atoms. The van der Waals surface area contributed by atoms with Crippen LogP contribution in [0.3, 0.4) is 0 Å². The predicted molar refractivity (Wildman–Crippen MR) is 109 cm³/mol. The van der Waals surface area contributed by atoms with Gasteiger partial charge in [-0.1, -0.05) is 39.0 Å². The van der Waals surface area contributed by atoms with E-state index >= 15 is 0 Å². The molecule has 0 saturated heterocycles. The van der Waals surface area contributed by atoms with E-state index in [1.54, 1.807) is 17.4 Å². The summed E-state index contributed by atoms with van der Waals surface area (Å²) in [7, 11) is 0. The number of benzene rings is 1. The van der Waals surface area contributed by atoms with Crippen molar-refractivity contribution in [3.05, 3.63) is 75.4 Å². The summed E-state index contributed by atoms with van der Waals surface area (Å²) in [5.41, 5.74) is 2.42. The molecule has 0 radical (unpaired) electrons. The van der Waals surface area contributed by atoms with E-state index in [1.165, 1.54) is 16.3 Å². The average Bonchev–Trinajstić information content (AvgIpc) is 3.17. The normalized spacial score (nSPS) is 11.4. The number of amides is 1. The molecule has 0 fully saturated rings. The second kappa shape index (κ2) is 7.88. The number of thiophene rings is 1. The Bertz CT molecular complexity index is 968. The van der Waals surface area contributed by atoms with Gasteiger partial charge in [-0.2, -0.15) is 5.10 Å². The molecule has 2 heterocycles. The number of carbonyl (C=O) groups is 1. The third kappa shape index (κ3) is 4.71. The van der Waals surface area contributed by atoms with E-state index in [4.69, 9.17) is 0 Å². The summed E-state index contributed by atoms with van der Waals surface area (Å²) in [6.07, 6.45) is 0. The molecule has 3 rings (SSSR count). The first kappa shape index (κ1) is 19.0. The van der Waals surface area contributed by atoms with Crippen LogP contribution in [0.1, 0.15) is 36.7 Å². The van der Waals surface area contributed by atoms with Gasteiger partial charge in [-0.3, -0.25) is 9.59 Å². The molecule has 0 bridgehead atoms. The van der Waals surface area contributed by atoms with Gasteiger partial charge in [-0.25, -0.2) is 4.68 Å². The molecule has 3 aromatic rings. The van der Waals surface area contributed by atoms with E-state index in [9.17, 15) is 9.59 Å². The molecular weight excluding hydrogens is 358 g/mol. The van der Waals surface area contributed by atoms with Crippen molar-refractivity contribution in [2.24, 2.45) is 0 Å². The number of rotatable bonds is 5. The molecule has 0 saturated carbocycles. The van der Waals surface area contributed by atoms with Crippen molar-refractivity contribution in [3.63, 3.8) is 0 Å². The van der Waals surface area contributed by atoms with E-state index in [0.717, 1.165) is 10.6 Å². The van der Waals surface area contributed by atoms with Crippen LogP contribution < -0.4 is 10.9 Å².